The lowest BCUT2D eigenvalue weighted by Gasteiger charge is -2.35. The lowest BCUT2D eigenvalue weighted by molar-refractivity contribution is -0.140. The molecule has 0 spiro atoms. The Balaban J connectivity index is 1.74. The minimum Gasteiger partial charge on any atom is -0.393 e. The van der Waals surface area contributed by atoms with Gasteiger partial charge in [0.15, 0.2) is 0 Å². The summed E-state index contributed by atoms with van der Waals surface area (Å²) >= 11 is 0. The van der Waals surface area contributed by atoms with E-state index in [1.807, 2.05) is 11.9 Å². The minimum absolute atomic E-state index is 0.0590. The third-order valence-corrected chi connectivity index (χ3v) is 3.63. The van der Waals surface area contributed by atoms with Crippen molar-refractivity contribution < 1.29 is 14.6 Å². The van der Waals surface area contributed by atoms with Crippen LogP contribution in [0.15, 0.2) is 0 Å². The second-order valence-electron chi connectivity index (χ2n) is 5.12. The highest BCUT2D eigenvalue weighted by Gasteiger charge is 2.31. The summed E-state index contributed by atoms with van der Waals surface area (Å²) in [6, 6.07) is 0. The van der Waals surface area contributed by atoms with Crippen molar-refractivity contribution in [2.75, 3.05) is 26.8 Å². The number of hydrogen-bond donors (Lipinski definition) is 1. The van der Waals surface area contributed by atoms with Crippen LogP contribution in [-0.4, -0.2) is 48.8 Å². The van der Waals surface area contributed by atoms with Crippen molar-refractivity contribution >= 4 is 5.91 Å². The molecule has 1 heterocycles. The standard InChI is InChI=1S/C12H21NO3/c1-13(7-9-5-11(14)6-9)12(15)10-3-2-4-16-8-10/h9-11,14H,2-8H2,1H3. The lowest BCUT2D eigenvalue weighted by atomic mass is 9.82. The smallest absolute Gasteiger partial charge is 0.227 e. The first-order valence-electron chi connectivity index (χ1n) is 6.17. The van der Waals surface area contributed by atoms with Crippen LogP contribution in [0.25, 0.3) is 0 Å². The molecule has 0 aromatic carbocycles. The van der Waals surface area contributed by atoms with Gasteiger partial charge in [-0.2, -0.15) is 0 Å². The van der Waals surface area contributed by atoms with Crippen molar-refractivity contribution in [3.8, 4) is 0 Å². The van der Waals surface area contributed by atoms with Gasteiger partial charge in [0.2, 0.25) is 5.91 Å². The molecule has 4 heteroatoms. The SMILES string of the molecule is CN(CC1CC(O)C1)C(=O)C1CCCOC1. The van der Waals surface area contributed by atoms with Crippen LogP contribution in [0, 0.1) is 11.8 Å². The molecular weight excluding hydrogens is 206 g/mol. The second-order valence-corrected chi connectivity index (χ2v) is 5.12. The van der Waals surface area contributed by atoms with Gasteiger partial charge in [-0.1, -0.05) is 0 Å². The number of nitrogens with zero attached hydrogens (tertiary/aromatic N) is 1. The van der Waals surface area contributed by atoms with Crippen LogP contribution < -0.4 is 0 Å². The van der Waals surface area contributed by atoms with E-state index in [9.17, 15) is 9.90 Å². The molecule has 1 atom stereocenters. The number of hydrogen-bond acceptors (Lipinski definition) is 3. The highest BCUT2D eigenvalue weighted by molar-refractivity contribution is 5.78. The van der Waals surface area contributed by atoms with E-state index in [4.69, 9.17) is 4.74 Å². The van der Waals surface area contributed by atoms with E-state index in [1.54, 1.807) is 0 Å². The van der Waals surface area contributed by atoms with E-state index < -0.39 is 0 Å². The predicted octanol–water partition coefficient (Wildman–Crippen LogP) is 0.642. The maximum atomic E-state index is 12.0. The Hall–Kier alpha value is -0.610. The topological polar surface area (TPSA) is 49.8 Å². The van der Waals surface area contributed by atoms with E-state index in [1.165, 1.54) is 0 Å². The molecule has 1 aliphatic carbocycles. The Bertz CT molecular complexity index is 245. The fraction of sp³-hybridized carbons (Fsp3) is 0.917. The van der Waals surface area contributed by atoms with Crippen molar-refractivity contribution in [2.45, 2.75) is 31.8 Å². The summed E-state index contributed by atoms with van der Waals surface area (Å²) in [5.74, 6) is 0.762. The monoisotopic (exact) mass is 227 g/mol. The number of carbonyl (C=O) groups is 1. The zero-order chi connectivity index (χ0) is 11.5. The van der Waals surface area contributed by atoms with Gasteiger partial charge < -0.3 is 14.7 Å². The van der Waals surface area contributed by atoms with Gasteiger partial charge in [-0.25, -0.2) is 0 Å². The molecule has 16 heavy (non-hydrogen) atoms. The summed E-state index contributed by atoms with van der Waals surface area (Å²) in [5.41, 5.74) is 0. The zero-order valence-corrected chi connectivity index (χ0v) is 9.89. The molecule has 92 valence electrons. The molecule has 1 saturated heterocycles. The maximum Gasteiger partial charge on any atom is 0.227 e. The molecule has 1 saturated carbocycles. The molecular formula is C12H21NO3. The Kier molecular flexibility index (Phi) is 3.82. The van der Waals surface area contributed by atoms with Crippen LogP contribution in [0.3, 0.4) is 0 Å². The maximum absolute atomic E-state index is 12.0. The molecule has 0 bridgehead atoms. The van der Waals surface area contributed by atoms with Gasteiger partial charge in [0.25, 0.3) is 0 Å². The average molecular weight is 227 g/mol. The first kappa shape index (κ1) is 11.9. The molecule has 2 aliphatic rings. The molecule has 0 aromatic rings. The van der Waals surface area contributed by atoms with Gasteiger partial charge in [0.05, 0.1) is 18.6 Å². The number of ether oxygens (including phenoxy) is 1. The lowest BCUT2D eigenvalue weighted by Crippen LogP contribution is -2.43. The summed E-state index contributed by atoms with van der Waals surface area (Å²) in [6.45, 7) is 2.16. The van der Waals surface area contributed by atoms with Crippen LogP contribution >= 0.6 is 0 Å². The molecule has 1 N–H and O–H groups in total. The molecule has 1 amide bonds. The van der Waals surface area contributed by atoms with Crippen LogP contribution in [-0.2, 0) is 9.53 Å². The fourth-order valence-corrected chi connectivity index (χ4v) is 2.57. The third kappa shape index (κ3) is 2.74. The van der Waals surface area contributed by atoms with Gasteiger partial charge in [-0.15, -0.1) is 0 Å². The summed E-state index contributed by atoms with van der Waals surface area (Å²) in [4.78, 5) is 13.9. The van der Waals surface area contributed by atoms with Crippen LogP contribution in [0.1, 0.15) is 25.7 Å². The number of amides is 1. The Morgan fingerprint density at radius 2 is 2.25 bits per heavy atom. The Morgan fingerprint density at radius 3 is 2.81 bits per heavy atom. The molecule has 1 aliphatic heterocycles. The molecule has 0 radical (unpaired) electrons. The number of rotatable bonds is 3. The van der Waals surface area contributed by atoms with Crippen LogP contribution in [0.2, 0.25) is 0 Å². The first-order valence-corrected chi connectivity index (χ1v) is 6.17. The predicted molar refractivity (Wildman–Crippen MR) is 59.9 cm³/mol. The molecule has 4 nitrogen and oxygen atoms in total. The summed E-state index contributed by atoms with van der Waals surface area (Å²) in [6.07, 6.45) is 3.51. The Morgan fingerprint density at radius 1 is 1.50 bits per heavy atom. The number of aliphatic hydroxyl groups excluding tert-OH is 1. The summed E-state index contributed by atoms with van der Waals surface area (Å²) in [5, 5.41) is 9.20. The van der Waals surface area contributed by atoms with Gasteiger partial charge in [0, 0.05) is 20.2 Å². The van der Waals surface area contributed by atoms with E-state index in [0.29, 0.717) is 12.5 Å². The normalized spacial score (nSPS) is 34.2. The molecule has 2 fully saturated rings. The van der Waals surface area contributed by atoms with Crippen LogP contribution in [0.4, 0.5) is 0 Å². The largest absolute Gasteiger partial charge is 0.393 e. The number of aliphatic hydroxyl groups is 1. The summed E-state index contributed by atoms with van der Waals surface area (Å²) in [7, 11) is 1.86. The average Bonchev–Trinajstić information content (AvgIpc) is 2.27. The van der Waals surface area contributed by atoms with E-state index >= 15 is 0 Å². The molecule has 0 aromatic heterocycles. The van der Waals surface area contributed by atoms with Gasteiger partial charge in [0.1, 0.15) is 0 Å². The first-order chi connectivity index (χ1) is 7.66. The van der Waals surface area contributed by atoms with Crippen molar-refractivity contribution in [3.63, 3.8) is 0 Å². The Labute approximate surface area is 96.6 Å². The van der Waals surface area contributed by atoms with E-state index in [0.717, 1.165) is 38.8 Å². The van der Waals surface area contributed by atoms with Crippen molar-refractivity contribution in [2.24, 2.45) is 11.8 Å². The zero-order valence-electron chi connectivity index (χ0n) is 9.89. The molecule has 1 unspecified atom stereocenters. The van der Waals surface area contributed by atoms with Gasteiger partial charge >= 0.3 is 0 Å². The van der Waals surface area contributed by atoms with E-state index in [-0.39, 0.29) is 17.9 Å². The van der Waals surface area contributed by atoms with Crippen LogP contribution in [0.5, 0.6) is 0 Å². The number of carbonyl (C=O) groups excluding carboxylic acids is 1. The minimum atomic E-state index is -0.133. The summed E-state index contributed by atoms with van der Waals surface area (Å²) < 4.78 is 5.33. The van der Waals surface area contributed by atoms with Crippen molar-refractivity contribution in [3.05, 3.63) is 0 Å². The quantitative estimate of drug-likeness (QED) is 0.770. The van der Waals surface area contributed by atoms with Crippen molar-refractivity contribution in [1.82, 2.24) is 4.90 Å². The third-order valence-electron chi connectivity index (χ3n) is 3.63. The fourth-order valence-electron chi connectivity index (χ4n) is 2.57. The second kappa shape index (κ2) is 5.15. The van der Waals surface area contributed by atoms with Gasteiger partial charge in [-0.05, 0) is 31.6 Å². The molecule has 2 rings (SSSR count). The van der Waals surface area contributed by atoms with E-state index in [2.05, 4.69) is 0 Å². The van der Waals surface area contributed by atoms with Crippen molar-refractivity contribution in [1.29, 1.82) is 0 Å². The highest BCUT2D eigenvalue weighted by atomic mass is 16.5. The highest BCUT2D eigenvalue weighted by Crippen LogP contribution is 2.28. The van der Waals surface area contributed by atoms with Gasteiger partial charge in [-0.3, -0.25) is 4.79 Å².